The van der Waals surface area contributed by atoms with E-state index in [0.717, 1.165) is 25.1 Å². The second kappa shape index (κ2) is 5.92. The minimum Gasteiger partial charge on any atom is -0.369 e. The number of fused-ring (bicyclic) bond motifs is 1. The average molecular weight is 485 g/mol. The maximum Gasteiger partial charge on any atom is 0.0907 e. The molecule has 0 aliphatic rings. The first-order valence-corrected chi connectivity index (χ1v) is 7.80. The van der Waals surface area contributed by atoms with E-state index in [4.69, 9.17) is 11.6 Å². The molecule has 0 amide bonds. The van der Waals surface area contributed by atoms with E-state index in [-0.39, 0.29) is 0 Å². The van der Waals surface area contributed by atoms with Crippen LogP contribution < -0.4 is 0 Å². The Balaban J connectivity index is 2.72. The summed E-state index contributed by atoms with van der Waals surface area (Å²) in [5.74, 6) is 0. The van der Waals surface area contributed by atoms with Crippen molar-refractivity contribution in [3.05, 3.63) is 36.4 Å². The van der Waals surface area contributed by atoms with Crippen LogP contribution in [0.5, 0.6) is 0 Å². The van der Waals surface area contributed by atoms with E-state index in [1.165, 1.54) is 3.57 Å². The van der Waals surface area contributed by atoms with Crippen molar-refractivity contribution in [2.75, 3.05) is 14.1 Å². The van der Waals surface area contributed by atoms with Crippen molar-refractivity contribution in [1.82, 2.24) is 4.90 Å². The number of hydrogen-bond acceptors (Lipinski definition) is 1. The normalized spacial score (nSPS) is 11.4. The topological polar surface area (TPSA) is 15.6 Å². The van der Waals surface area contributed by atoms with Crippen LogP contribution in [0.3, 0.4) is 0 Å². The monoisotopic (exact) mass is 484 g/mol. The molecule has 5 heteroatoms. The number of aliphatic imine (C=N–C) groups is 1. The highest BCUT2D eigenvalue weighted by Gasteiger charge is 2.09. The summed E-state index contributed by atoms with van der Waals surface area (Å²) in [6.45, 7) is 0. The lowest BCUT2D eigenvalue weighted by Crippen LogP contribution is -2.07. The molecule has 0 unspecified atom stereocenters. The van der Waals surface area contributed by atoms with E-state index in [9.17, 15) is 0 Å². The fourth-order valence-corrected chi connectivity index (χ4v) is 3.88. The third-order valence-electron chi connectivity index (χ3n) is 2.39. The minimum absolute atomic E-state index is 0.754. The third kappa shape index (κ3) is 3.08. The van der Waals surface area contributed by atoms with Gasteiger partial charge in [0, 0.05) is 31.6 Å². The first-order valence-electron chi connectivity index (χ1n) is 5.27. The summed E-state index contributed by atoms with van der Waals surface area (Å²) in [6, 6.07) is 8.06. The van der Waals surface area contributed by atoms with Crippen molar-refractivity contribution in [2.24, 2.45) is 4.99 Å². The van der Waals surface area contributed by atoms with Crippen LogP contribution in [0.25, 0.3) is 10.8 Å². The second-order valence-corrected chi connectivity index (χ2v) is 6.85. The Morgan fingerprint density at radius 2 is 1.83 bits per heavy atom. The highest BCUT2D eigenvalue weighted by molar-refractivity contribution is 14.1. The van der Waals surface area contributed by atoms with Gasteiger partial charge in [0.25, 0.3) is 0 Å². The average Bonchev–Trinajstić information content (AvgIpc) is 2.29. The van der Waals surface area contributed by atoms with Crippen molar-refractivity contribution in [3.63, 3.8) is 0 Å². The first-order chi connectivity index (χ1) is 8.49. The number of benzene rings is 2. The van der Waals surface area contributed by atoms with Gasteiger partial charge in [-0.25, -0.2) is 4.99 Å². The van der Waals surface area contributed by atoms with Gasteiger partial charge in [-0.05, 0) is 68.8 Å². The Hall–Kier alpha value is -0.0800. The van der Waals surface area contributed by atoms with Gasteiger partial charge in [-0.1, -0.05) is 17.7 Å². The molecule has 0 aliphatic carbocycles. The van der Waals surface area contributed by atoms with Gasteiger partial charge in [0.1, 0.15) is 0 Å². The van der Waals surface area contributed by atoms with Crippen molar-refractivity contribution in [3.8, 4) is 0 Å². The largest absolute Gasteiger partial charge is 0.369 e. The van der Waals surface area contributed by atoms with E-state index in [1.54, 1.807) is 0 Å². The fourth-order valence-electron chi connectivity index (χ4n) is 1.61. The highest BCUT2D eigenvalue weighted by atomic mass is 127. The van der Waals surface area contributed by atoms with E-state index in [1.807, 2.05) is 43.5 Å². The molecule has 0 aromatic heterocycles. The predicted octanol–water partition coefficient (Wildman–Crippen LogP) is 4.92. The first kappa shape index (κ1) is 14.3. The molecule has 18 heavy (non-hydrogen) atoms. The number of halogens is 3. The summed E-state index contributed by atoms with van der Waals surface area (Å²) < 4.78 is 2.34. The molecule has 0 saturated heterocycles. The summed E-state index contributed by atoms with van der Waals surface area (Å²) in [4.78, 5) is 6.48. The molecule has 0 bridgehead atoms. The molecular formula is C13H11ClI2N2. The molecule has 0 fully saturated rings. The Morgan fingerprint density at radius 3 is 2.50 bits per heavy atom. The second-order valence-electron chi connectivity index (χ2n) is 4.09. The zero-order chi connectivity index (χ0) is 13.3. The van der Waals surface area contributed by atoms with Crippen LogP contribution in [0.15, 0.2) is 29.3 Å². The Kier molecular flexibility index (Phi) is 4.71. The molecule has 0 atom stereocenters. The summed E-state index contributed by atoms with van der Waals surface area (Å²) in [5, 5.41) is 3.03. The van der Waals surface area contributed by atoms with Crippen LogP contribution >= 0.6 is 56.8 Å². The van der Waals surface area contributed by atoms with E-state index < -0.39 is 0 Å². The quantitative estimate of drug-likeness (QED) is 0.336. The molecule has 94 valence electrons. The van der Waals surface area contributed by atoms with E-state index in [2.05, 4.69) is 56.2 Å². The predicted molar refractivity (Wildman–Crippen MR) is 96.2 cm³/mol. The van der Waals surface area contributed by atoms with Gasteiger partial charge in [0.05, 0.1) is 12.0 Å². The molecule has 2 aromatic rings. The molecule has 0 heterocycles. The minimum atomic E-state index is 0.754. The van der Waals surface area contributed by atoms with Gasteiger partial charge in [-0.2, -0.15) is 0 Å². The van der Waals surface area contributed by atoms with Crippen molar-refractivity contribution >= 4 is 79.6 Å². The smallest absolute Gasteiger partial charge is 0.0907 e. The van der Waals surface area contributed by atoms with Crippen LogP contribution in [-0.4, -0.2) is 25.3 Å². The van der Waals surface area contributed by atoms with Gasteiger partial charge in [-0.15, -0.1) is 0 Å². The molecular weight excluding hydrogens is 473 g/mol. The Bertz CT molecular complexity index is 624. The number of rotatable bonds is 2. The van der Waals surface area contributed by atoms with Crippen molar-refractivity contribution in [2.45, 2.75) is 0 Å². The Labute approximate surface area is 139 Å². The standard InChI is InChI=1S/C13H11ClI2N2/c1-18(2)7-17-13-9-4-3-8(14)5-10(9)11(15)6-12(13)16/h3-7H,1-2H3/b17-7+. The van der Waals surface area contributed by atoms with Gasteiger partial charge in [0.15, 0.2) is 0 Å². The summed E-state index contributed by atoms with van der Waals surface area (Å²) >= 11 is 10.7. The number of hydrogen-bond donors (Lipinski definition) is 0. The van der Waals surface area contributed by atoms with Crippen LogP contribution in [0.1, 0.15) is 0 Å². The maximum atomic E-state index is 6.06. The lowest BCUT2D eigenvalue weighted by Gasteiger charge is -2.09. The van der Waals surface area contributed by atoms with Crippen molar-refractivity contribution in [1.29, 1.82) is 0 Å². The van der Waals surface area contributed by atoms with Crippen LogP contribution in [0.2, 0.25) is 5.02 Å². The van der Waals surface area contributed by atoms with Crippen molar-refractivity contribution < 1.29 is 0 Å². The zero-order valence-electron chi connectivity index (χ0n) is 9.92. The lowest BCUT2D eigenvalue weighted by atomic mass is 10.1. The molecule has 2 aromatic carbocycles. The van der Waals surface area contributed by atoms with Crippen LogP contribution in [-0.2, 0) is 0 Å². The summed E-state index contributed by atoms with van der Waals surface area (Å²) in [7, 11) is 3.92. The molecule has 2 nitrogen and oxygen atoms in total. The third-order valence-corrected chi connectivity index (χ3v) is 4.34. The van der Waals surface area contributed by atoms with E-state index >= 15 is 0 Å². The highest BCUT2D eigenvalue weighted by Crippen LogP contribution is 2.35. The zero-order valence-corrected chi connectivity index (χ0v) is 15.0. The number of nitrogens with zero attached hydrogens (tertiary/aromatic N) is 2. The van der Waals surface area contributed by atoms with Gasteiger partial charge in [0.2, 0.25) is 0 Å². The molecule has 0 radical (unpaired) electrons. The molecule has 2 rings (SSSR count). The lowest BCUT2D eigenvalue weighted by molar-refractivity contribution is 0.643. The fraction of sp³-hybridized carbons (Fsp3) is 0.154. The Morgan fingerprint density at radius 1 is 1.11 bits per heavy atom. The maximum absolute atomic E-state index is 6.06. The molecule has 0 spiro atoms. The van der Waals surface area contributed by atoms with E-state index in [0.29, 0.717) is 0 Å². The summed E-state index contributed by atoms with van der Waals surface area (Å²) in [6.07, 6.45) is 1.82. The molecule has 0 N–H and O–H groups in total. The summed E-state index contributed by atoms with van der Waals surface area (Å²) in [5.41, 5.74) is 0.997. The molecule has 0 aliphatic heterocycles. The van der Waals surface area contributed by atoms with Gasteiger partial charge < -0.3 is 4.90 Å². The van der Waals surface area contributed by atoms with Gasteiger partial charge in [-0.3, -0.25) is 0 Å². The van der Waals surface area contributed by atoms with Crippen LogP contribution in [0.4, 0.5) is 5.69 Å². The molecule has 0 saturated carbocycles. The van der Waals surface area contributed by atoms with Gasteiger partial charge >= 0.3 is 0 Å². The van der Waals surface area contributed by atoms with Crippen LogP contribution in [0, 0.1) is 7.14 Å². The SMILES string of the molecule is CN(C)/C=N/c1c(I)cc(I)c2cc(Cl)ccc12.